The second-order valence-corrected chi connectivity index (χ2v) is 10.4. The smallest absolute Gasteiger partial charge is 0.245 e. The molecule has 0 bridgehead atoms. The zero-order chi connectivity index (χ0) is 23.3. The number of rotatable bonds is 5. The fraction of sp³-hybridized carbons (Fsp3) is 0.440. The van der Waals surface area contributed by atoms with E-state index < -0.39 is 0 Å². The van der Waals surface area contributed by atoms with E-state index in [1.807, 2.05) is 12.3 Å². The molecule has 1 spiro atoms. The van der Waals surface area contributed by atoms with Crippen molar-refractivity contribution in [1.82, 2.24) is 25.1 Å². The molecule has 1 saturated carbocycles. The first-order valence-corrected chi connectivity index (χ1v) is 12.5. The van der Waals surface area contributed by atoms with Crippen molar-refractivity contribution in [3.63, 3.8) is 0 Å². The number of hydrogen-bond acceptors (Lipinski definition) is 7. The summed E-state index contributed by atoms with van der Waals surface area (Å²) < 4.78 is 6.56. The van der Waals surface area contributed by atoms with Crippen LogP contribution in [0.25, 0.3) is 0 Å². The van der Waals surface area contributed by atoms with E-state index in [0.29, 0.717) is 11.0 Å². The first kappa shape index (κ1) is 22.0. The molecule has 0 N–H and O–H groups in total. The van der Waals surface area contributed by atoms with E-state index >= 15 is 0 Å². The Kier molecular flexibility index (Phi) is 5.59. The molecular weight excluding hydrogens is 471 g/mol. The molecule has 1 unspecified atom stereocenters. The van der Waals surface area contributed by atoms with Gasteiger partial charge in [-0.2, -0.15) is 4.98 Å². The van der Waals surface area contributed by atoms with Crippen molar-refractivity contribution in [3.8, 4) is 5.75 Å². The van der Waals surface area contributed by atoms with Gasteiger partial charge in [-0.1, -0.05) is 41.9 Å². The zero-order valence-corrected chi connectivity index (χ0v) is 20.5. The summed E-state index contributed by atoms with van der Waals surface area (Å²) in [5, 5.41) is 7.98. The van der Waals surface area contributed by atoms with Crippen LogP contribution in [0.2, 0.25) is 10.4 Å². The Hall–Kier alpha value is -2.48. The van der Waals surface area contributed by atoms with Crippen molar-refractivity contribution in [2.24, 2.45) is 5.41 Å². The summed E-state index contributed by atoms with van der Waals surface area (Å²) >= 11 is 12.1. The molecule has 4 heterocycles. The van der Waals surface area contributed by atoms with Crippen molar-refractivity contribution in [2.45, 2.75) is 44.9 Å². The SMILES string of the molecule is CC1c2c(OC3CC4(C3)CN(c3nc(Cl)nnc3Cl)C4)ccnc2CCN1Cc1ccccc1. The van der Waals surface area contributed by atoms with E-state index in [9.17, 15) is 0 Å². The largest absolute Gasteiger partial charge is 0.490 e. The van der Waals surface area contributed by atoms with E-state index in [0.717, 1.165) is 51.2 Å². The molecule has 0 amide bonds. The summed E-state index contributed by atoms with van der Waals surface area (Å²) in [7, 11) is 0. The summed E-state index contributed by atoms with van der Waals surface area (Å²) in [5.41, 5.74) is 4.00. The predicted octanol–water partition coefficient (Wildman–Crippen LogP) is 4.74. The maximum absolute atomic E-state index is 6.56. The van der Waals surface area contributed by atoms with Gasteiger partial charge in [-0.3, -0.25) is 9.88 Å². The highest BCUT2D eigenvalue weighted by Gasteiger charge is 2.54. The van der Waals surface area contributed by atoms with E-state index in [1.54, 1.807) is 0 Å². The summed E-state index contributed by atoms with van der Waals surface area (Å²) in [5.74, 6) is 1.60. The highest BCUT2D eigenvalue weighted by molar-refractivity contribution is 6.32. The second kappa shape index (κ2) is 8.63. The topological polar surface area (TPSA) is 67.3 Å². The quantitative estimate of drug-likeness (QED) is 0.505. The fourth-order valence-electron chi connectivity index (χ4n) is 5.73. The van der Waals surface area contributed by atoms with Crippen LogP contribution < -0.4 is 9.64 Å². The van der Waals surface area contributed by atoms with E-state index in [1.165, 1.54) is 16.8 Å². The van der Waals surface area contributed by atoms with Crippen LogP contribution in [0.15, 0.2) is 42.6 Å². The van der Waals surface area contributed by atoms with Crippen molar-refractivity contribution in [1.29, 1.82) is 0 Å². The normalized spacial score (nSPS) is 21.6. The van der Waals surface area contributed by atoms with Crippen LogP contribution in [0.1, 0.15) is 42.6 Å². The van der Waals surface area contributed by atoms with Crippen LogP contribution in [-0.4, -0.2) is 50.8 Å². The molecule has 1 aliphatic carbocycles. The highest BCUT2D eigenvalue weighted by atomic mass is 35.5. The van der Waals surface area contributed by atoms with Crippen LogP contribution in [0, 0.1) is 5.41 Å². The lowest BCUT2D eigenvalue weighted by atomic mass is 9.61. The molecule has 3 aliphatic rings. The van der Waals surface area contributed by atoms with Crippen molar-refractivity contribution in [3.05, 3.63) is 69.9 Å². The lowest BCUT2D eigenvalue weighted by molar-refractivity contribution is -0.0355. The van der Waals surface area contributed by atoms with Gasteiger partial charge in [-0.05, 0) is 43.0 Å². The molecule has 6 rings (SSSR count). The van der Waals surface area contributed by atoms with Gasteiger partial charge >= 0.3 is 0 Å². The summed E-state index contributed by atoms with van der Waals surface area (Å²) in [6, 6.07) is 13.0. The summed E-state index contributed by atoms with van der Waals surface area (Å²) in [4.78, 5) is 13.6. The molecule has 2 aliphatic heterocycles. The molecule has 1 atom stereocenters. The molecule has 2 fully saturated rings. The molecular formula is C25H26Cl2N6O. The minimum atomic E-state index is 0.119. The number of pyridine rings is 1. The van der Waals surface area contributed by atoms with Crippen LogP contribution in [0.3, 0.4) is 0 Å². The van der Waals surface area contributed by atoms with E-state index in [4.69, 9.17) is 27.9 Å². The molecule has 2 aromatic heterocycles. The van der Waals surface area contributed by atoms with Crippen molar-refractivity contribution < 1.29 is 4.74 Å². The van der Waals surface area contributed by atoms with Crippen LogP contribution in [0.4, 0.5) is 5.82 Å². The third kappa shape index (κ3) is 4.00. The van der Waals surface area contributed by atoms with Gasteiger partial charge in [0.25, 0.3) is 0 Å². The van der Waals surface area contributed by atoms with Gasteiger partial charge in [0, 0.05) is 55.8 Å². The minimum absolute atomic E-state index is 0.119. The second-order valence-electron chi connectivity index (χ2n) is 9.75. The first-order valence-electron chi connectivity index (χ1n) is 11.7. The molecule has 3 aromatic rings. The Morgan fingerprint density at radius 2 is 1.88 bits per heavy atom. The number of halogens is 2. The van der Waals surface area contributed by atoms with Gasteiger partial charge in [0.1, 0.15) is 11.9 Å². The predicted molar refractivity (Wildman–Crippen MR) is 131 cm³/mol. The van der Waals surface area contributed by atoms with Crippen LogP contribution >= 0.6 is 23.2 Å². The van der Waals surface area contributed by atoms with Gasteiger partial charge < -0.3 is 9.64 Å². The Morgan fingerprint density at radius 1 is 1.09 bits per heavy atom. The molecule has 1 aromatic carbocycles. The zero-order valence-electron chi connectivity index (χ0n) is 19.0. The number of benzene rings is 1. The van der Waals surface area contributed by atoms with Gasteiger partial charge in [0.05, 0.1) is 5.69 Å². The third-order valence-corrected chi connectivity index (χ3v) is 7.84. The maximum Gasteiger partial charge on any atom is 0.245 e. The first-order chi connectivity index (χ1) is 16.5. The molecule has 1 saturated heterocycles. The van der Waals surface area contributed by atoms with Crippen molar-refractivity contribution >= 4 is 29.0 Å². The Bertz CT molecular complexity index is 1200. The lowest BCUT2D eigenvalue weighted by Gasteiger charge is -2.58. The summed E-state index contributed by atoms with van der Waals surface area (Å²) in [6.07, 6.45) is 5.09. The van der Waals surface area contributed by atoms with E-state index in [2.05, 4.69) is 67.2 Å². The minimum Gasteiger partial charge on any atom is -0.490 e. The molecule has 176 valence electrons. The standard InChI is InChI=1S/C25H26Cl2N6O/c1-16-21-19(8-10-32(16)13-17-5-3-2-4-6-17)28-9-7-20(21)34-18-11-25(12-18)14-33(15-25)23-22(26)30-31-24(27)29-23/h2-7,9,16,18H,8,10-15H2,1H3. The van der Waals surface area contributed by atoms with Gasteiger partial charge in [0.2, 0.25) is 5.28 Å². The molecule has 7 nitrogen and oxygen atoms in total. The number of aromatic nitrogens is 4. The lowest BCUT2D eigenvalue weighted by Crippen LogP contribution is -2.65. The molecule has 9 heteroatoms. The number of fused-ring (bicyclic) bond motifs is 1. The monoisotopic (exact) mass is 496 g/mol. The number of nitrogens with zero attached hydrogens (tertiary/aromatic N) is 6. The van der Waals surface area contributed by atoms with Crippen LogP contribution in [-0.2, 0) is 13.0 Å². The Morgan fingerprint density at radius 3 is 2.68 bits per heavy atom. The van der Waals surface area contributed by atoms with Gasteiger partial charge in [-0.15, -0.1) is 10.2 Å². The number of ether oxygens (including phenoxy) is 1. The average Bonchev–Trinajstić information content (AvgIpc) is 2.79. The number of hydrogen-bond donors (Lipinski definition) is 0. The van der Waals surface area contributed by atoms with Crippen molar-refractivity contribution in [2.75, 3.05) is 24.5 Å². The Labute approximate surface area is 209 Å². The molecule has 0 radical (unpaired) electrons. The molecule has 34 heavy (non-hydrogen) atoms. The maximum atomic E-state index is 6.56. The van der Waals surface area contributed by atoms with Gasteiger partial charge in [0.15, 0.2) is 11.0 Å². The fourth-order valence-corrected chi connectivity index (χ4v) is 6.05. The van der Waals surface area contributed by atoms with Gasteiger partial charge in [-0.25, -0.2) is 0 Å². The highest BCUT2D eigenvalue weighted by Crippen LogP contribution is 2.51. The average molecular weight is 497 g/mol. The summed E-state index contributed by atoms with van der Waals surface area (Å²) in [6.45, 7) is 5.98. The Balaban J connectivity index is 1.11. The van der Waals surface area contributed by atoms with Crippen LogP contribution in [0.5, 0.6) is 5.75 Å². The third-order valence-electron chi connectivity index (χ3n) is 7.43. The number of anilines is 1. The van der Waals surface area contributed by atoms with E-state index in [-0.39, 0.29) is 22.8 Å².